The summed E-state index contributed by atoms with van der Waals surface area (Å²) < 4.78 is 5.72. The summed E-state index contributed by atoms with van der Waals surface area (Å²) in [5.74, 6) is 1.83. The summed E-state index contributed by atoms with van der Waals surface area (Å²) in [6.07, 6.45) is 6.51. The molecule has 5 atom stereocenters. The lowest BCUT2D eigenvalue weighted by atomic mass is 9.53. The van der Waals surface area contributed by atoms with Crippen molar-refractivity contribution >= 4 is 0 Å². The van der Waals surface area contributed by atoms with Crippen LogP contribution in [0.1, 0.15) is 59.8 Å². The topological polar surface area (TPSA) is 29.5 Å². The number of rotatable bonds is 2. The fourth-order valence-electron chi connectivity index (χ4n) is 4.69. The van der Waals surface area contributed by atoms with Crippen molar-refractivity contribution in [2.45, 2.75) is 71.5 Å². The van der Waals surface area contributed by atoms with E-state index in [1.165, 1.54) is 19.3 Å². The maximum absolute atomic E-state index is 10.4. The van der Waals surface area contributed by atoms with Gasteiger partial charge in [-0.15, -0.1) is 0 Å². The first kappa shape index (κ1) is 14.3. The van der Waals surface area contributed by atoms with Gasteiger partial charge >= 0.3 is 0 Å². The molecule has 2 aliphatic carbocycles. The average molecular weight is 254 g/mol. The molecule has 0 heterocycles. The molecule has 0 aliphatic heterocycles. The van der Waals surface area contributed by atoms with E-state index in [1.54, 1.807) is 7.11 Å². The third kappa shape index (κ3) is 2.46. The quantitative estimate of drug-likeness (QED) is 0.815. The zero-order valence-corrected chi connectivity index (χ0v) is 12.7. The Kier molecular flexibility index (Phi) is 3.81. The number of ether oxygens (including phenoxy) is 1. The molecule has 0 spiro atoms. The first-order valence-electron chi connectivity index (χ1n) is 7.53. The van der Waals surface area contributed by atoms with Crippen LogP contribution in [0.5, 0.6) is 0 Å². The average Bonchev–Trinajstić information content (AvgIpc) is 2.25. The van der Waals surface area contributed by atoms with Crippen LogP contribution in [0.3, 0.4) is 0 Å². The molecule has 2 saturated carbocycles. The molecule has 0 aromatic carbocycles. The van der Waals surface area contributed by atoms with E-state index in [0.29, 0.717) is 5.41 Å². The highest BCUT2D eigenvalue weighted by Crippen LogP contribution is 2.55. The molecule has 2 rings (SSSR count). The lowest BCUT2D eigenvalue weighted by molar-refractivity contribution is -0.142. The summed E-state index contributed by atoms with van der Waals surface area (Å²) >= 11 is 0. The highest BCUT2D eigenvalue weighted by molar-refractivity contribution is 5.01. The van der Waals surface area contributed by atoms with Gasteiger partial charge in [-0.25, -0.2) is 0 Å². The molecule has 0 aromatic rings. The normalized spacial score (nSPS) is 45.7. The number of fused-ring (bicyclic) bond motifs is 1. The molecule has 0 unspecified atom stereocenters. The van der Waals surface area contributed by atoms with E-state index in [2.05, 4.69) is 13.8 Å². The molecule has 2 fully saturated rings. The Balaban J connectivity index is 2.23. The summed E-state index contributed by atoms with van der Waals surface area (Å²) in [4.78, 5) is 0. The van der Waals surface area contributed by atoms with Gasteiger partial charge in [-0.3, -0.25) is 0 Å². The maximum atomic E-state index is 10.4. The number of aliphatic hydroxyl groups is 1. The molecule has 2 nitrogen and oxygen atoms in total. The van der Waals surface area contributed by atoms with Gasteiger partial charge in [0.15, 0.2) is 0 Å². The van der Waals surface area contributed by atoms with Gasteiger partial charge in [-0.05, 0) is 50.4 Å². The Labute approximate surface area is 112 Å². The molecular formula is C16H30O2. The van der Waals surface area contributed by atoms with Crippen LogP contribution in [-0.4, -0.2) is 23.9 Å². The summed E-state index contributed by atoms with van der Waals surface area (Å²) in [5.41, 5.74) is -0.195. The van der Waals surface area contributed by atoms with Crippen LogP contribution in [0.2, 0.25) is 0 Å². The zero-order chi connectivity index (χ0) is 13.6. The van der Waals surface area contributed by atoms with Gasteiger partial charge in [-0.2, -0.15) is 0 Å². The third-order valence-electron chi connectivity index (χ3n) is 5.82. The van der Waals surface area contributed by atoms with Crippen LogP contribution < -0.4 is 0 Å². The van der Waals surface area contributed by atoms with E-state index in [9.17, 15) is 5.11 Å². The number of hydrogen-bond acceptors (Lipinski definition) is 2. The van der Waals surface area contributed by atoms with Crippen molar-refractivity contribution in [3.63, 3.8) is 0 Å². The molecule has 1 N–H and O–H groups in total. The van der Waals surface area contributed by atoms with Crippen molar-refractivity contribution in [1.29, 1.82) is 0 Å². The molecule has 2 aliphatic rings. The van der Waals surface area contributed by atoms with Gasteiger partial charge in [-0.1, -0.05) is 26.7 Å². The smallest absolute Gasteiger partial charge is 0.0644 e. The molecule has 0 radical (unpaired) electrons. The van der Waals surface area contributed by atoms with Crippen molar-refractivity contribution in [3.8, 4) is 0 Å². The summed E-state index contributed by atoms with van der Waals surface area (Å²) in [6.45, 7) is 8.73. The summed E-state index contributed by atoms with van der Waals surface area (Å²) in [7, 11) is 1.80. The zero-order valence-electron chi connectivity index (χ0n) is 12.7. The first-order chi connectivity index (χ1) is 8.28. The second-order valence-corrected chi connectivity index (χ2v) is 7.60. The second kappa shape index (κ2) is 4.79. The van der Waals surface area contributed by atoms with Crippen molar-refractivity contribution in [2.24, 2.45) is 23.2 Å². The van der Waals surface area contributed by atoms with Crippen molar-refractivity contribution in [2.75, 3.05) is 7.11 Å². The Morgan fingerprint density at radius 1 is 1.33 bits per heavy atom. The molecule has 0 bridgehead atoms. The Hall–Kier alpha value is -0.0800. The Morgan fingerprint density at radius 3 is 2.56 bits per heavy atom. The minimum Gasteiger partial charge on any atom is -0.390 e. The highest BCUT2D eigenvalue weighted by Gasteiger charge is 2.51. The lowest BCUT2D eigenvalue weighted by Gasteiger charge is -2.55. The standard InChI is InChI=1S/C16H30O2/c1-11-7-6-8-16(4)10-14(18-5)13(9-12(11)16)15(2,3)17/h11-14,17H,6-10H2,1-5H3/t11-,12-,13-,14-,16+/m0/s1. The maximum Gasteiger partial charge on any atom is 0.0644 e. The first-order valence-corrected chi connectivity index (χ1v) is 7.53. The van der Waals surface area contributed by atoms with Crippen molar-refractivity contribution < 1.29 is 9.84 Å². The van der Waals surface area contributed by atoms with E-state index in [4.69, 9.17) is 4.74 Å². The van der Waals surface area contributed by atoms with E-state index in [0.717, 1.165) is 24.7 Å². The largest absolute Gasteiger partial charge is 0.390 e. The molecule has 2 heteroatoms. The number of hydrogen-bond donors (Lipinski definition) is 1. The molecule has 0 amide bonds. The summed E-state index contributed by atoms with van der Waals surface area (Å²) in [6, 6.07) is 0. The highest BCUT2D eigenvalue weighted by atomic mass is 16.5. The fraction of sp³-hybridized carbons (Fsp3) is 1.00. The van der Waals surface area contributed by atoms with E-state index < -0.39 is 5.60 Å². The monoisotopic (exact) mass is 254 g/mol. The summed E-state index contributed by atoms with van der Waals surface area (Å²) in [5, 5.41) is 10.4. The van der Waals surface area contributed by atoms with Gasteiger partial charge in [0.05, 0.1) is 11.7 Å². The minimum atomic E-state index is -0.626. The van der Waals surface area contributed by atoms with Crippen molar-refractivity contribution in [1.82, 2.24) is 0 Å². The van der Waals surface area contributed by atoms with Crippen LogP contribution in [-0.2, 0) is 4.74 Å². The molecule has 0 saturated heterocycles. The van der Waals surface area contributed by atoms with Gasteiger partial charge in [0, 0.05) is 13.0 Å². The molecule has 106 valence electrons. The Bertz CT molecular complexity index is 294. The van der Waals surface area contributed by atoms with Gasteiger partial charge in [0.1, 0.15) is 0 Å². The second-order valence-electron chi connectivity index (χ2n) is 7.60. The molecule has 0 aromatic heterocycles. The van der Waals surface area contributed by atoms with Gasteiger partial charge in [0.2, 0.25) is 0 Å². The predicted octanol–water partition coefficient (Wildman–Crippen LogP) is 3.62. The van der Waals surface area contributed by atoms with Crippen molar-refractivity contribution in [3.05, 3.63) is 0 Å². The van der Waals surface area contributed by atoms with Crippen LogP contribution >= 0.6 is 0 Å². The van der Waals surface area contributed by atoms with Crippen LogP contribution in [0.25, 0.3) is 0 Å². The lowest BCUT2D eigenvalue weighted by Crippen LogP contribution is -2.52. The minimum absolute atomic E-state index is 0.219. The van der Waals surface area contributed by atoms with E-state index >= 15 is 0 Å². The third-order valence-corrected chi connectivity index (χ3v) is 5.82. The van der Waals surface area contributed by atoms with Crippen LogP contribution in [0.4, 0.5) is 0 Å². The van der Waals surface area contributed by atoms with Gasteiger partial charge < -0.3 is 9.84 Å². The molecular weight excluding hydrogens is 224 g/mol. The predicted molar refractivity (Wildman–Crippen MR) is 74.4 cm³/mol. The SMILES string of the molecule is CO[C@H]1C[C@@]2(C)CCC[C@H](C)[C@@H]2C[C@@H]1C(C)(C)O. The van der Waals surface area contributed by atoms with Crippen LogP contribution in [0.15, 0.2) is 0 Å². The fourth-order valence-corrected chi connectivity index (χ4v) is 4.69. The van der Waals surface area contributed by atoms with Gasteiger partial charge in [0.25, 0.3) is 0 Å². The molecule has 18 heavy (non-hydrogen) atoms. The Morgan fingerprint density at radius 2 is 2.00 bits per heavy atom. The van der Waals surface area contributed by atoms with E-state index in [1.807, 2.05) is 13.8 Å². The number of methoxy groups -OCH3 is 1. The van der Waals surface area contributed by atoms with E-state index in [-0.39, 0.29) is 12.0 Å². The van der Waals surface area contributed by atoms with Crippen LogP contribution in [0, 0.1) is 23.2 Å².